The van der Waals surface area contributed by atoms with E-state index in [1.54, 1.807) is 12.1 Å². The number of aromatic hydroxyl groups is 4. The van der Waals surface area contributed by atoms with Crippen molar-refractivity contribution in [2.75, 3.05) is 125 Å². The quantitative estimate of drug-likeness (QED) is 0.00997. The monoisotopic (exact) mass is 2290 g/mol. The Morgan fingerprint density at radius 2 is 0.671 bits per heavy atom. The zero-order chi connectivity index (χ0) is 104. The van der Waals surface area contributed by atoms with Gasteiger partial charge < -0.3 is 107 Å². The predicted molar refractivity (Wildman–Crippen MR) is 579 cm³/mol. The molecule has 35 heteroatoms. The number of rotatable bonds is 52. The summed E-state index contributed by atoms with van der Waals surface area (Å²) in [7, 11) is -5.35. The molecule has 2 unspecified atom stereocenters. The van der Waals surface area contributed by atoms with Gasteiger partial charge in [0.2, 0.25) is 31.9 Å². The predicted octanol–water partition coefficient (Wildman–Crippen LogP) is 11.1. The van der Waals surface area contributed by atoms with E-state index in [-0.39, 0.29) is 137 Å². The van der Waals surface area contributed by atoms with Crippen LogP contribution < -0.4 is 78.0 Å². The number of aromatic nitrogens is 12. The smallest absolute Gasteiger partial charge is 0.240 e. The minimum absolute atomic E-state index is 0. The summed E-state index contributed by atoms with van der Waals surface area (Å²) >= 11 is 0. The van der Waals surface area contributed by atoms with Crippen LogP contribution in [0.2, 0.25) is 0 Å². The first kappa shape index (κ1) is 126. The minimum atomic E-state index is -3.77. The second-order valence-corrected chi connectivity index (χ2v) is 44.2. The lowest BCUT2D eigenvalue weighted by molar-refractivity contribution is -0.925. The molecule has 8 aromatic carbocycles. The van der Waals surface area contributed by atoms with Crippen molar-refractivity contribution >= 4 is 76.0 Å². The number of halogens is 3. The van der Waals surface area contributed by atoms with Crippen molar-refractivity contribution in [1.82, 2.24) is 85.0 Å². The molecule has 2 amide bonds. The normalized spacial score (nSPS) is 12.5. The number of sulfonamides is 2. The summed E-state index contributed by atoms with van der Waals surface area (Å²) in [5.41, 5.74) is 11.6. The first-order valence-corrected chi connectivity index (χ1v) is 55.7. The van der Waals surface area contributed by atoms with Crippen molar-refractivity contribution in [2.24, 2.45) is 0 Å². The summed E-state index contributed by atoms with van der Waals surface area (Å²) in [5, 5.41) is 86.6. The molecule has 4 heterocycles. The Kier molecular flexibility index (Phi) is 51.1. The van der Waals surface area contributed by atoms with Gasteiger partial charge in [-0.05, 0) is 231 Å². The van der Waals surface area contributed by atoms with Crippen LogP contribution in [0.1, 0.15) is 286 Å². The molecule has 806 valence electrons. The highest BCUT2D eigenvalue weighted by Crippen LogP contribution is 2.42. The lowest BCUT2D eigenvalue weighted by atomic mass is 9.84. The molecule has 0 aliphatic carbocycles. The van der Waals surface area contributed by atoms with Gasteiger partial charge in [0.1, 0.15) is 89.9 Å². The van der Waals surface area contributed by atoms with Crippen molar-refractivity contribution in [2.45, 2.75) is 287 Å². The van der Waals surface area contributed by atoms with Crippen molar-refractivity contribution in [3.63, 3.8) is 0 Å². The van der Waals surface area contributed by atoms with Crippen LogP contribution in [0, 0.1) is 0 Å². The fourth-order valence-corrected chi connectivity index (χ4v) is 20.3. The number of hydrogen-bond donors (Lipinski definition) is 8. The number of nitrogens with one attached hydrogen (secondary N) is 4. The highest BCUT2D eigenvalue weighted by Gasteiger charge is 2.32. The number of phenols is 4. The zero-order valence-electron chi connectivity index (χ0n) is 90.8. The summed E-state index contributed by atoms with van der Waals surface area (Å²) in [6.07, 6.45) is 17.4. The molecule has 12 aromatic rings. The van der Waals surface area contributed by atoms with Gasteiger partial charge in [0.25, 0.3) is 0 Å². The number of carbonyl (C=O) groups excluding carboxylic acids is 2. The van der Waals surface area contributed by atoms with Gasteiger partial charge in [-0.25, -0.2) is 26.3 Å². The molecule has 2 atom stereocenters. The lowest BCUT2D eigenvalue weighted by Crippen LogP contribution is -3.00. The van der Waals surface area contributed by atoms with E-state index in [2.05, 4.69) is 184 Å². The molecule has 0 saturated carbocycles. The van der Waals surface area contributed by atoms with E-state index < -0.39 is 20.0 Å². The average molecular weight is 2290 g/mol. The lowest BCUT2D eigenvalue weighted by Gasteiger charge is -2.37. The van der Waals surface area contributed by atoms with Crippen LogP contribution in [0.4, 0.5) is 0 Å². The number of quaternary nitrogens is 3. The van der Waals surface area contributed by atoms with Gasteiger partial charge in [-0.1, -0.05) is 190 Å². The van der Waals surface area contributed by atoms with Crippen LogP contribution in [-0.4, -0.2) is 252 Å². The highest BCUT2D eigenvalue weighted by atomic mass is 127. The van der Waals surface area contributed by atoms with Crippen LogP contribution in [0.25, 0.3) is 66.9 Å². The van der Waals surface area contributed by atoms with Crippen LogP contribution in [0.15, 0.2) is 155 Å². The van der Waals surface area contributed by atoms with Gasteiger partial charge in [0.15, 0.2) is 0 Å². The van der Waals surface area contributed by atoms with Gasteiger partial charge >= 0.3 is 0 Å². The molecular formula is C111H169Br2IN20O10S2. The summed E-state index contributed by atoms with van der Waals surface area (Å²) in [4.78, 5) is 33.6. The van der Waals surface area contributed by atoms with E-state index >= 15 is 0 Å². The number of unbranched alkanes of at least 4 members (excludes halogenated alkanes) is 6. The fraction of sp³-hybridized carbons (Fsp3) is 0.550. The molecule has 0 radical (unpaired) electrons. The molecule has 8 N–H and O–H groups in total. The van der Waals surface area contributed by atoms with Crippen LogP contribution in [-0.2, 0) is 53.3 Å². The molecule has 0 fully saturated rings. The van der Waals surface area contributed by atoms with Gasteiger partial charge in [-0.15, -0.1) is 60.0 Å². The number of aryl methyl sites for hydroxylation is 2. The Morgan fingerprint density at radius 1 is 0.377 bits per heavy atom. The maximum atomic E-state index is 13.2. The van der Waals surface area contributed by atoms with Crippen molar-refractivity contribution in [1.29, 1.82) is 0 Å². The van der Waals surface area contributed by atoms with Crippen molar-refractivity contribution in [3.05, 3.63) is 179 Å². The minimum Gasteiger partial charge on any atom is -1.00 e. The fourth-order valence-electron chi connectivity index (χ4n) is 18.1. The number of hydrogen-bond acceptors (Lipinski definition) is 19. The molecule has 12 rings (SSSR count). The van der Waals surface area contributed by atoms with Gasteiger partial charge in [-0.3, -0.25) is 9.59 Å². The highest BCUT2D eigenvalue weighted by molar-refractivity contribution is 7.89. The van der Waals surface area contributed by atoms with E-state index in [1.165, 1.54) is 95.8 Å². The van der Waals surface area contributed by atoms with Crippen LogP contribution >= 0.6 is 0 Å². The number of amides is 2. The second kappa shape index (κ2) is 59.4. The van der Waals surface area contributed by atoms with Gasteiger partial charge in [-0.2, -0.15) is 0 Å². The number of carbonyl (C=O) groups is 2. The first-order chi connectivity index (χ1) is 68.2. The topological polar surface area (TPSA) is 358 Å². The number of phenolic OH excluding ortho intramolecular Hbond substituents is 4. The third kappa shape index (κ3) is 35.2. The van der Waals surface area contributed by atoms with E-state index in [1.807, 2.05) is 149 Å². The zero-order valence-corrected chi connectivity index (χ0v) is 97.8. The largest absolute Gasteiger partial charge is 1.00 e. The molecule has 0 spiro atoms. The summed E-state index contributed by atoms with van der Waals surface area (Å²) in [5.74, 6) is 0.435. The molecule has 0 aliphatic rings. The van der Waals surface area contributed by atoms with Gasteiger partial charge in [0, 0.05) is 80.5 Å². The van der Waals surface area contributed by atoms with Crippen molar-refractivity contribution in [3.8, 4) is 45.7 Å². The molecular weight excluding hydrogens is 2120 g/mol. The molecule has 0 bridgehead atoms. The second-order valence-electron chi connectivity index (χ2n) is 40.7. The Labute approximate surface area is 908 Å². The van der Waals surface area contributed by atoms with Crippen LogP contribution in [0.5, 0.6) is 23.0 Å². The standard InChI is InChI=1S/C34H53N5O2.C30H45N5O2.C24H35N5O3S.C23H33N5O3S.2BrH.HI/c1-7-10-11-12-13-16-23-39(8-2,9-3)24-17-22-35-32(40)21-20-27-25-28(34(4,5)6)33(41)31(26-27)38-36-29-18-14-15-19-30(29)37-38;1-7-10-19-35(8-2,9-3)20-13-18-31-28(36)17-16-23-21-24(30(4,5)6)29(37)27(22-23)34-32-25-14-11-12-15-26(25)33-34;1-6-18(4)20-16-19(33(31,32)25-14-11-15-29(5,7-2)8-3)17-23(24(20)30)28-26-21-12-9-10-13-22(21)27-28;1-5-17(4)19-15-18(32(30,31)24-13-10-14-27(6-2)7-3)16-22(23(19)29)28-25-20-11-8-9-12-21(20)26-28;;;/h14-15,18-19,25-26H,7-13,16-17,20-24H2,1-6H3,(H-,35,40,41);11-12,14-15,21-22H,7-10,13,16-20H2,1-6H3,(H-,31,36,37);9-10,12-13,16-18,25H,6-8,11,14-15H2,1-5H3;8-9,11-12,15-17,24,29H,5-7,10,13-14H2,1-4H3;3*1H. The Hall–Kier alpha value is -9.15. The number of benzene rings is 8. The maximum Gasteiger partial charge on any atom is 0.240 e. The van der Waals surface area contributed by atoms with E-state index in [0.29, 0.717) is 96.4 Å². The first-order valence-electron chi connectivity index (χ1n) is 52.7. The van der Waals surface area contributed by atoms with Crippen molar-refractivity contribution < 1.29 is 118 Å². The Balaban J connectivity index is 0.000000297. The molecule has 30 nitrogen and oxygen atoms in total. The Bertz CT molecular complexity index is 6170. The summed E-state index contributed by atoms with van der Waals surface area (Å²) < 4.78 is 61.2. The van der Waals surface area contributed by atoms with Gasteiger partial charge in [0.05, 0.1) is 88.8 Å². The summed E-state index contributed by atoms with van der Waals surface area (Å²) in [6.45, 7) is 59.5. The Morgan fingerprint density at radius 3 is 0.973 bits per heavy atom. The van der Waals surface area contributed by atoms with E-state index in [0.717, 1.165) is 175 Å². The molecule has 4 aromatic heterocycles. The van der Waals surface area contributed by atoms with E-state index in [9.17, 15) is 46.9 Å². The maximum absolute atomic E-state index is 13.2. The van der Waals surface area contributed by atoms with Crippen LogP contribution in [0.3, 0.4) is 0 Å². The summed E-state index contributed by atoms with van der Waals surface area (Å²) in [6, 6.07) is 43.9. The SMILES string of the molecule is CCC(C)c1cc(S(=O)(=O)NCCCN(CC)CC)cc(-n2nc3ccccc3n2)c1O.CCC(C)c1cc(S(=O)(=O)NCCC[N+](C)(CC)CC)cc(-n2nc3ccccc3n2)c1O.CCCCCCCC[N+](CC)(CC)CCCNC(=O)CCc1cc(-n2nc3ccccc3n2)c(O)c(C(C)(C)C)c1.CCCC[N+](CC)(CC)CCCNC(=O)CCc1cc(-n2nc3ccccc3n2)c(O)c(C(C)(C)C)c1.[Br-].[Br-].[I-]. The number of nitrogens with zero attached hydrogens (tertiary/aromatic N) is 16. The van der Waals surface area contributed by atoms with E-state index in [4.69, 9.17) is 0 Å². The third-order valence-electron chi connectivity index (χ3n) is 28.7. The molecule has 0 saturated heterocycles. The average Bonchev–Trinajstić information content (AvgIpc) is 1.51. The number of fused-ring (bicyclic) bond motifs is 4. The molecule has 0 aliphatic heterocycles. The molecule has 146 heavy (non-hydrogen) atoms. The third-order valence-corrected chi connectivity index (χ3v) is 31.6.